The molecule has 0 amide bonds. The van der Waals surface area contributed by atoms with Crippen LogP contribution in [0.1, 0.15) is 18.4 Å². The maximum absolute atomic E-state index is 4.31. The molecule has 0 aliphatic heterocycles. The van der Waals surface area contributed by atoms with Crippen molar-refractivity contribution in [1.29, 1.82) is 0 Å². The number of fused-ring (bicyclic) bond motifs is 1. The Kier molecular flexibility index (Phi) is 2.54. The third kappa shape index (κ3) is 2.19. The second-order valence-electron chi connectivity index (χ2n) is 4.45. The first-order valence-electron chi connectivity index (χ1n) is 5.82. The zero-order valence-corrected chi connectivity index (χ0v) is 9.19. The summed E-state index contributed by atoms with van der Waals surface area (Å²) in [5.41, 5.74) is 3.23. The van der Waals surface area contributed by atoms with Crippen LogP contribution in [-0.2, 0) is 6.54 Å². The molecule has 0 unspecified atom stereocenters. The van der Waals surface area contributed by atoms with E-state index in [1.807, 2.05) is 6.07 Å². The molecule has 16 heavy (non-hydrogen) atoms. The van der Waals surface area contributed by atoms with E-state index in [1.165, 1.54) is 18.4 Å². The van der Waals surface area contributed by atoms with Gasteiger partial charge in [-0.15, -0.1) is 0 Å². The Bertz CT molecular complexity index is 491. The van der Waals surface area contributed by atoms with E-state index in [9.17, 15) is 0 Å². The molecule has 0 spiro atoms. The molecular weight excluding hydrogens is 198 g/mol. The molecule has 0 saturated heterocycles. The summed E-state index contributed by atoms with van der Waals surface area (Å²) in [4.78, 5) is 8.57. The Morgan fingerprint density at radius 1 is 1.12 bits per heavy atom. The third-order valence-electron chi connectivity index (χ3n) is 2.99. The standard InChI is InChI=1S/C13H15N3/c1-2-10(1)8-14-9-11-3-4-12-13(7-11)16-6-5-15-12/h3-7,10,14H,1-2,8-9H2. The number of aromatic nitrogens is 2. The highest BCUT2D eigenvalue weighted by Crippen LogP contribution is 2.27. The Balaban J connectivity index is 1.71. The van der Waals surface area contributed by atoms with E-state index in [2.05, 4.69) is 27.4 Å². The van der Waals surface area contributed by atoms with Gasteiger partial charge in [-0.25, -0.2) is 0 Å². The van der Waals surface area contributed by atoms with Crippen molar-refractivity contribution >= 4 is 11.0 Å². The molecule has 2 aromatic rings. The van der Waals surface area contributed by atoms with Gasteiger partial charge in [0.05, 0.1) is 11.0 Å². The molecule has 1 aromatic carbocycles. The van der Waals surface area contributed by atoms with E-state index in [0.29, 0.717) is 0 Å². The van der Waals surface area contributed by atoms with Gasteiger partial charge in [0, 0.05) is 18.9 Å². The zero-order valence-electron chi connectivity index (χ0n) is 9.19. The highest BCUT2D eigenvalue weighted by atomic mass is 14.9. The van der Waals surface area contributed by atoms with Gasteiger partial charge in [0.1, 0.15) is 0 Å². The second kappa shape index (κ2) is 4.18. The fourth-order valence-corrected chi connectivity index (χ4v) is 1.86. The van der Waals surface area contributed by atoms with Crippen LogP contribution >= 0.6 is 0 Å². The van der Waals surface area contributed by atoms with Crippen LogP contribution in [-0.4, -0.2) is 16.5 Å². The lowest BCUT2D eigenvalue weighted by molar-refractivity contribution is 0.639. The average molecular weight is 213 g/mol. The van der Waals surface area contributed by atoms with Crippen molar-refractivity contribution in [1.82, 2.24) is 15.3 Å². The van der Waals surface area contributed by atoms with Gasteiger partial charge in [0.25, 0.3) is 0 Å². The Labute approximate surface area is 94.9 Å². The van der Waals surface area contributed by atoms with Crippen LogP contribution in [0.25, 0.3) is 11.0 Å². The largest absolute Gasteiger partial charge is 0.312 e. The predicted molar refractivity (Wildman–Crippen MR) is 64.0 cm³/mol. The highest BCUT2D eigenvalue weighted by molar-refractivity contribution is 5.74. The molecule has 82 valence electrons. The molecule has 3 nitrogen and oxygen atoms in total. The van der Waals surface area contributed by atoms with Crippen LogP contribution in [0.2, 0.25) is 0 Å². The van der Waals surface area contributed by atoms with E-state index in [-0.39, 0.29) is 0 Å². The van der Waals surface area contributed by atoms with Crippen molar-refractivity contribution in [2.45, 2.75) is 19.4 Å². The van der Waals surface area contributed by atoms with Crippen LogP contribution in [0.5, 0.6) is 0 Å². The number of nitrogens with one attached hydrogen (secondary N) is 1. The van der Waals surface area contributed by atoms with E-state index >= 15 is 0 Å². The summed E-state index contributed by atoms with van der Waals surface area (Å²) in [6.07, 6.45) is 6.27. The van der Waals surface area contributed by atoms with Gasteiger partial charge in [-0.3, -0.25) is 9.97 Å². The van der Waals surface area contributed by atoms with Crippen molar-refractivity contribution in [3.63, 3.8) is 0 Å². The highest BCUT2D eigenvalue weighted by Gasteiger charge is 2.19. The fourth-order valence-electron chi connectivity index (χ4n) is 1.86. The summed E-state index contributed by atoms with van der Waals surface area (Å²) in [7, 11) is 0. The summed E-state index contributed by atoms with van der Waals surface area (Å²) in [6.45, 7) is 2.08. The monoisotopic (exact) mass is 213 g/mol. The molecule has 1 saturated carbocycles. The average Bonchev–Trinajstić information content (AvgIpc) is 3.13. The summed E-state index contributed by atoms with van der Waals surface area (Å²) in [5, 5.41) is 3.48. The Hall–Kier alpha value is -1.48. The maximum atomic E-state index is 4.31. The zero-order chi connectivity index (χ0) is 10.8. The molecular formula is C13H15N3. The van der Waals surface area contributed by atoms with E-state index in [4.69, 9.17) is 0 Å². The van der Waals surface area contributed by atoms with Crippen molar-refractivity contribution in [2.75, 3.05) is 6.54 Å². The molecule has 1 N–H and O–H groups in total. The lowest BCUT2D eigenvalue weighted by Gasteiger charge is -2.04. The quantitative estimate of drug-likeness (QED) is 0.845. The number of hydrogen-bond donors (Lipinski definition) is 1. The molecule has 1 aliphatic carbocycles. The maximum Gasteiger partial charge on any atom is 0.0890 e. The van der Waals surface area contributed by atoms with Crippen LogP contribution in [0.15, 0.2) is 30.6 Å². The number of benzene rings is 1. The van der Waals surface area contributed by atoms with E-state index in [0.717, 1.165) is 30.0 Å². The smallest absolute Gasteiger partial charge is 0.0890 e. The molecule has 1 aromatic heterocycles. The normalized spacial score (nSPS) is 15.5. The van der Waals surface area contributed by atoms with Gasteiger partial charge in [0.2, 0.25) is 0 Å². The van der Waals surface area contributed by atoms with Gasteiger partial charge >= 0.3 is 0 Å². The van der Waals surface area contributed by atoms with Crippen LogP contribution < -0.4 is 5.32 Å². The van der Waals surface area contributed by atoms with Crippen LogP contribution in [0, 0.1) is 5.92 Å². The number of hydrogen-bond acceptors (Lipinski definition) is 3. The van der Waals surface area contributed by atoms with E-state index in [1.54, 1.807) is 12.4 Å². The van der Waals surface area contributed by atoms with Crippen molar-refractivity contribution < 1.29 is 0 Å². The van der Waals surface area contributed by atoms with Crippen LogP contribution in [0.3, 0.4) is 0 Å². The lowest BCUT2D eigenvalue weighted by Crippen LogP contribution is -2.15. The molecule has 1 aliphatic rings. The minimum absolute atomic E-state index is 0.931. The fraction of sp³-hybridized carbons (Fsp3) is 0.385. The SMILES string of the molecule is c1cnc2cc(CNCC3CC3)ccc2n1. The molecule has 3 rings (SSSR count). The molecule has 0 bridgehead atoms. The van der Waals surface area contributed by atoms with E-state index < -0.39 is 0 Å². The van der Waals surface area contributed by atoms with Gasteiger partial charge < -0.3 is 5.32 Å². The third-order valence-corrected chi connectivity index (χ3v) is 2.99. The van der Waals surface area contributed by atoms with Crippen molar-refractivity contribution in [2.24, 2.45) is 5.92 Å². The topological polar surface area (TPSA) is 37.8 Å². The first kappa shape index (κ1) is 9.73. The van der Waals surface area contributed by atoms with Gasteiger partial charge in [0.15, 0.2) is 0 Å². The molecule has 0 atom stereocenters. The minimum Gasteiger partial charge on any atom is -0.312 e. The van der Waals surface area contributed by atoms with Crippen molar-refractivity contribution in [3.8, 4) is 0 Å². The minimum atomic E-state index is 0.931. The van der Waals surface area contributed by atoms with Crippen LogP contribution in [0.4, 0.5) is 0 Å². The van der Waals surface area contributed by atoms with Gasteiger partial charge in [-0.1, -0.05) is 6.07 Å². The summed E-state index contributed by atoms with van der Waals surface area (Å²) in [5.74, 6) is 0.931. The number of rotatable bonds is 4. The Morgan fingerprint density at radius 3 is 2.75 bits per heavy atom. The predicted octanol–water partition coefficient (Wildman–Crippen LogP) is 2.13. The van der Waals surface area contributed by atoms with Gasteiger partial charge in [-0.2, -0.15) is 0 Å². The summed E-state index contributed by atoms with van der Waals surface area (Å²) in [6, 6.07) is 6.27. The molecule has 0 radical (unpaired) electrons. The van der Waals surface area contributed by atoms with Gasteiger partial charge in [-0.05, 0) is 43.0 Å². The first-order valence-corrected chi connectivity index (χ1v) is 5.82. The molecule has 1 heterocycles. The lowest BCUT2D eigenvalue weighted by atomic mass is 10.2. The number of nitrogens with zero attached hydrogens (tertiary/aromatic N) is 2. The first-order chi connectivity index (χ1) is 7.92. The summed E-state index contributed by atoms with van der Waals surface area (Å²) >= 11 is 0. The van der Waals surface area contributed by atoms with Crippen molar-refractivity contribution in [3.05, 3.63) is 36.2 Å². The molecule has 3 heteroatoms. The molecule has 1 fully saturated rings. The Morgan fingerprint density at radius 2 is 1.94 bits per heavy atom. The summed E-state index contributed by atoms with van der Waals surface area (Å²) < 4.78 is 0. The second-order valence-corrected chi connectivity index (χ2v) is 4.45.